The molecule has 7 heteroatoms. The second-order valence-corrected chi connectivity index (χ2v) is 6.62. The minimum atomic E-state index is -0.135. The van der Waals surface area contributed by atoms with Crippen molar-refractivity contribution < 1.29 is 14.3 Å². The van der Waals surface area contributed by atoms with E-state index in [0.29, 0.717) is 30.9 Å². The summed E-state index contributed by atoms with van der Waals surface area (Å²) in [5.74, 6) is 0.509. The molecule has 2 rings (SSSR count). The Kier molecular flexibility index (Phi) is 8.54. The first kappa shape index (κ1) is 21.2. The Morgan fingerprint density at radius 2 is 1.85 bits per heavy atom. The van der Waals surface area contributed by atoms with E-state index in [-0.39, 0.29) is 18.4 Å². The van der Waals surface area contributed by atoms with Gasteiger partial charge in [0.25, 0.3) is 5.91 Å². The number of carbonyl (C=O) groups is 2. The van der Waals surface area contributed by atoms with E-state index in [0.717, 1.165) is 32.7 Å². The number of rotatable bonds is 9. The molecule has 150 valence electrons. The molecule has 0 unspecified atom stereocenters. The lowest BCUT2D eigenvalue weighted by molar-refractivity contribution is -0.132. The van der Waals surface area contributed by atoms with Gasteiger partial charge >= 0.3 is 0 Å². The van der Waals surface area contributed by atoms with Gasteiger partial charge in [0, 0.05) is 44.8 Å². The maximum atomic E-state index is 13.1. The van der Waals surface area contributed by atoms with Gasteiger partial charge in [0.15, 0.2) is 0 Å². The lowest BCUT2D eigenvalue weighted by Crippen LogP contribution is -2.51. The highest BCUT2D eigenvalue weighted by Crippen LogP contribution is 2.15. The molecule has 0 radical (unpaired) electrons. The van der Waals surface area contributed by atoms with Crippen LogP contribution in [0.2, 0.25) is 0 Å². The molecule has 1 heterocycles. The van der Waals surface area contributed by atoms with Crippen molar-refractivity contribution in [2.24, 2.45) is 0 Å². The van der Waals surface area contributed by atoms with Gasteiger partial charge in [-0.15, -0.1) is 0 Å². The first-order valence-corrected chi connectivity index (χ1v) is 9.73. The summed E-state index contributed by atoms with van der Waals surface area (Å²) >= 11 is 0. The number of likely N-dealkylation sites (N-methyl/N-ethyl adjacent to an activating group) is 1. The van der Waals surface area contributed by atoms with E-state index in [1.165, 1.54) is 0 Å². The zero-order valence-corrected chi connectivity index (χ0v) is 16.7. The van der Waals surface area contributed by atoms with E-state index >= 15 is 0 Å². The number of ether oxygens (including phenoxy) is 1. The second-order valence-electron chi connectivity index (χ2n) is 6.62. The Labute approximate surface area is 162 Å². The summed E-state index contributed by atoms with van der Waals surface area (Å²) in [7, 11) is 1.58. The molecule has 1 aromatic rings. The van der Waals surface area contributed by atoms with E-state index in [2.05, 4.69) is 24.1 Å². The Bertz CT molecular complexity index is 613. The van der Waals surface area contributed by atoms with E-state index in [4.69, 9.17) is 4.74 Å². The van der Waals surface area contributed by atoms with Gasteiger partial charge in [-0.2, -0.15) is 0 Å². The predicted octanol–water partition coefficient (Wildman–Crippen LogP) is 0.911. The van der Waals surface area contributed by atoms with Crippen LogP contribution in [0.1, 0.15) is 24.2 Å². The van der Waals surface area contributed by atoms with Gasteiger partial charge in [-0.05, 0) is 31.3 Å². The number of carbonyl (C=O) groups excluding carboxylic acids is 2. The smallest absolute Gasteiger partial charge is 0.254 e. The number of hydrogen-bond donors (Lipinski definition) is 1. The van der Waals surface area contributed by atoms with E-state index < -0.39 is 0 Å². The number of amides is 2. The fourth-order valence-corrected chi connectivity index (χ4v) is 3.17. The average Bonchev–Trinajstić information content (AvgIpc) is 2.73. The van der Waals surface area contributed by atoms with Gasteiger partial charge in [-0.1, -0.05) is 19.9 Å². The normalized spacial score (nSPS) is 14.3. The Morgan fingerprint density at radius 1 is 1.15 bits per heavy atom. The summed E-state index contributed by atoms with van der Waals surface area (Å²) in [6.07, 6.45) is 0. The van der Waals surface area contributed by atoms with Crippen LogP contribution in [-0.2, 0) is 4.79 Å². The van der Waals surface area contributed by atoms with Crippen molar-refractivity contribution >= 4 is 11.8 Å². The quantitative estimate of drug-likeness (QED) is 0.694. The highest BCUT2D eigenvalue weighted by molar-refractivity contribution is 5.96. The Hall–Kier alpha value is -2.12. The van der Waals surface area contributed by atoms with Crippen molar-refractivity contribution in [3.05, 3.63) is 29.8 Å². The van der Waals surface area contributed by atoms with Crippen molar-refractivity contribution in [2.75, 3.05) is 66.0 Å². The molecule has 0 aliphatic carbocycles. The third-order valence-electron chi connectivity index (χ3n) is 4.98. The van der Waals surface area contributed by atoms with Crippen molar-refractivity contribution in [2.45, 2.75) is 13.8 Å². The number of methoxy groups -OCH3 is 1. The van der Waals surface area contributed by atoms with Crippen LogP contribution in [0.3, 0.4) is 0 Å². The Balaban J connectivity index is 2.11. The molecule has 2 amide bonds. The molecule has 0 spiro atoms. The van der Waals surface area contributed by atoms with Crippen LogP contribution in [0.25, 0.3) is 0 Å². The van der Waals surface area contributed by atoms with Crippen molar-refractivity contribution in [3.8, 4) is 5.75 Å². The molecule has 1 saturated heterocycles. The number of benzene rings is 1. The third kappa shape index (κ3) is 6.22. The predicted molar refractivity (Wildman–Crippen MR) is 106 cm³/mol. The maximum absolute atomic E-state index is 13.1. The zero-order valence-electron chi connectivity index (χ0n) is 16.7. The maximum Gasteiger partial charge on any atom is 0.254 e. The monoisotopic (exact) mass is 376 g/mol. The van der Waals surface area contributed by atoms with Gasteiger partial charge in [0.1, 0.15) is 12.3 Å². The molecule has 0 atom stereocenters. The average molecular weight is 377 g/mol. The Morgan fingerprint density at radius 3 is 2.48 bits per heavy atom. The van der Waals surface area contributed by atoms with Crippen molar-refractivity contribution in [3.63, 3.8) is 0 Å². The molecule has 1 N–H and O–H groups in total. The lowest BCUT2D eigenvalue weighted by atomic mass is 10.2. The summed E-state index contributed by atoms with van der Waals surface area (Å²) in [4.78, 5) is 31.6. The first-order chi connectivity index (χ1) is 13.1. The van der Waals surface area contributed by atoms with Gasteiger partial charge in [0.05, 0.1) is 7.11 Å². The molecular formula is C20H32N4O3. The van der Waals surface area contributed by atoms with E-state index in [1.807, 2.05) is 11.0 Å². The summed E-state index contributed by atoms with van der Waals surface area (Å²) in [6.45, 7) is 10.4. The van der Waals surface area contributed by atoms with Gasteiger partial charge in [0.2, 0.25) is 5.91 Å². The summed E-state index contributed by atoms with van der Waals surface area (Å²) in [5, 5.41) is 3.24. The molecule has 0 bridgehead atoms. The highest BCUT2D eigenvalue weighted by atomic mass is 16.5. The summed E-state index contributed by atoms with van der Waals surface area (Å²) in [5.41, 5.74) is 0.544. The van der Waals surface area contributed by atoms with Crippen LogP contribution in [0.15, 0.2) is 24.3 Å². The molecule has 1 aromatic carbocycles. The standard InChI is InChI=1S/C20H32N4O3/c1-4-22(5-2)13-14-24(16-19(25)23-11-9-21-10-12-23)20(26)17-7-6-8-18(15-17)27-3/h6-8,15,21H,4-5,9-14,16H2,1-3H3. The summed E-state index contributed by atoms with van der Waals surface area (Å²) in [6, 6.07) is 7.10. The number of piperazine rings is 1. The fourth-order valence-electron chi connectivity index (χ4n) is 3.17. The molecule has 27 heavy (non-hydrogen) atoms. The van der Waals surface area contributed by atoms with E-state index in [1.54, 1.807) is 30.2 Å². The fraction of sp³-hybridized carbons (Fsp3) is 0.600. The number of hydrogen-bond acceptors (Lipinski definition) is 5. The lowest BCUT2D eigenvalue weighted by Gasteiger charge is -2.31. The van der Waals surface area contributed by atoms with Crippen LogP contribution in [0, 0.1) is 0 Å². The van der Waals surface area contributed by atoms with Gasteiger partial charge in [-0.25, -0.2) is 0 Å². The third-order valence-corrected chi connectivity index (χ3v) is 4.98. The molecule has 1 aliphatic rings. The molecular weight excluding hydrogens is 344 g/mol. The minimum absolute atomic E-state index is 0.00675. The largest absolute Gasteiger partial charge is 0.497 e. The van der Waals surface area contributed by atoms with Crippen molar-refractivity contribution in [1.82, 2.24) is 20.0 Å². The molecule has 0 aromatic heterocycles. The van der Waals surface area contributed by atoms with E-state index in [9.17, 15) is 9.59 Å². The van der Waals surface area contributed by atoms with Crippen LogP contribution >= 0.6 is 0 Å². The van der Waals surface area contributed by atoms with Crippen LogP contribution in [0.5, 0.6) is 5.75 Å². The molecule has 7 nitrogen and oxygen atoms in total. The minimum Gasteiger partial charge on any atom is -0.497 e. The topological polar surface area (TPSA) is 65.1 Å². The zero-order chi connectivity index (χ0) is 19.6. The molecule has 1 aliphatic heterocycles. The van der Waals surface area contributed by atoms with Crippen molar-refractivity contribution in [1.29, 1.82) is 0 Å². The van der Waals surface area contributed by atoms with Gasteiger partial charge < -0.3 is 24.8 Å². The molecule has 1 fully saturated rings. The van der Waals surface area contributed by atoms with Crippen LogP contribution < -0.4 is 10.1 Å². The van der Waals surface area contributed by atoms with Crippen LogP contribution in [0.4, 0.5) is 0 Å². The molecule has 0 saturated carbocycles. The van der Waals surface area contributed by atoms with Gasteiger partial charge in [-0.3, -0.25) is 9.59 Å². The van der Waals surface area contributed by atoms with Crippen LogP contribution in [-0.4, -0.2) is 92.5 Å². The SMILES string of the molecule is CCN(CC)CCN(CC(=O)N1CCNCC1)C(=O)c1cccc(OC)c1. The number of nitrogens with zero attached hydrogens (tertiary/aromatic N) is 3. The summed E-state index contributed by atoms with van der Waals surface area (Å²) < 4.78 is 5.23. The second kappa shape index (κ2) is 10.9. The first-order valence-electron chi connectivity index (χ1n) is 9.73. The highest BCUT2D eigenvalue weighted by Gasteiger charge is 2.23. The number of nitrogens with one attached hydrogen (secondary N) is 1.